The zero-order chi connectivity index (χ0) is 15.7. The molecule has 1 amide bonds. The van der Waals surface area contributed by atoms with Crippen LogP contribution >= 0.6 is 11.8 Å². The van der Waals surface area contributed by atoms with Gasteiger partial charge in [-0.25, -0.2) is 4.79 Å². The number of anilines is 1. The molecule has 0 aliphatic rings. The summed E-state index contributed by atoms with van der Waals surface area (Å²) in [7, 11) is 0. The van der Waals surface area contributed by atoms with Gasteiger partial charge in [-0.1, -0.05) is 13.3 Å². The third-order valence-electron chi connectivity index (χ3n) is 2.72. The van der Waals surface area contributed by atoms with Crippen molar-refractivity contribution in [2.45, 2.75) is 31.9 Å². The number of carboxylic acid groups (broad SMARTS) is 1. The number of hydrogen-bond acceptors (Lipinski definition) is 4. The molecule has 1 unspecified atom stereocenters. The van der Waals surface area contributed by atoms with E-state index in [9.17, 15) is 9.59 Å². The van der Waals surface area contributed by atoms with E-state index in [1.165, 1.54) is 0 Å². The molecule has 1 aromatic carbocycles. The average molecular weight is 311 g/mol. The van der Waals surface area contributed by atoms with Crippen LogP contribution in [0, 0.1) is 0 Å². The SMILES string of the molecule is CCCCSC(C)C(=O)Nc1ccc(OCC(=O)O)cc1. The Morgan fingerprint density at radius 2 is 2.00 bits per heavy atom. The summed E-state index contributed by atoms with van der Waals surface area (Å²) in [5.74, 6) is 0.383. The maximum absolute atomic E-state index is 12.0. The summed E-state index contributed by atoms with van der Waals surface area (Å²) >= 11 is 1.64. The van der Waals surface area contributed by atoms with Crippen molar-refractivity contribution in [3.63, 3.8) is 0 Å². The summed E-state index contributed by atoms with van der Waals surface area (Å²) in [4.78, 5) is 22.3. The van der Waals surface area contributed by atoms with E-state index in [1.807, 2.05) is 6.92 Å². The number of thioether (sulfide) groups is 1. The van der Waals surface area contributed by atoms with Crippen LogP contribution in [0.5, 0.6) is 5.75 Å². The lowest BCUT2D eigenvalue weighted by Crippen LogP contribution is -2.22. The summed E-state index contributed by atoms with van der Waals surface area (Å²) in [6.07, 6.45) is 2.23. The zero-order valence-corrected chi connectivity index (χ0v) is 13.1. The van der Waals surface area contributed by atoms with Crippen LogP contribution in [-0.4, -0.2) is 34.6 Å². The molecule has 0 aliphatic carbocycles. The van der Waals surface area contributed by atoms with E-state index in [1.54, 1.807) is 36.0 Å². The average Bonchev–Trinajstić information content (AvgIpc) is 2.46. The Balaban J connectivity index is 2.43. The van der Waals surface area contributed by atoms with Gasteiger partial charge in [0.15, 0.2) is 6.61 Å². The molecule has 21 heavy (non-hydrogen) atoms. The van der Waals surface area contributed by atoms with Gasteiger partial charge in [0.05, 0.1) is 5.25 Å². The van der Waals surface area contributed by atoms with Crippen LogP contribution in [0.25, 0.3) is 0 Å². The van der Waals surface area contributed by atoms with Crippen LogP contribution in [0.4, 0.5) is 5.69 Å². The first-order valence-electron chi connectivity index (χ1n) is 6.90. The van der Waals surface area contributed by atoms with Crippen molar-refractivity contribution in [2.24, 2.45) is 0 Å². The highest BCUT2D eigenvalue weighted by atomic mass is 32.2. The normalized spacial score (nSPS) is 11.7. The van der Waals surface area contributed by atoms with Gasteiger partial charge in [0, 0.05) is 5.69 Å². The smallest absolute Gasteiger partial charge is 0.341 e. The number of carbonyl (C=O) groups is 2. The molecular formula is C15H21NO4S. The first kappa shape index (κ1) is 17.4. The second kappa shape index (κ2) is 9.28. The minimum Gasteiger partial charge on any atom is -0.482 e. The molecule has 0 saturated heterocycles. The van der Waals surface area contributed by atoms with Crippen LogP contribution in [0.2, 0.25) is 0 Å². The lowest BCUT2D eigenvalue weighted by Gasteiger charge is -2.12. The summed E-state index contributed by atoms with van der Waals surface area (Å²) < 4.78 is 5.02. The number of amides is 1. The second-order valence-corrected chi connectivity index (χ2v) is 6.01. The topological polar surface area (TPSA) is 75.6 Å². The second-order valence-electron chi connectivity index (χ2n) is 4.56. The molecule has 116 valence electrons. The van der Waals surface area contributed by atoms with Gasteiger partial charge in [0.25, 0.3) is 0 Å². The number of unbranched alkanes of at least 4 members (excludes halogenated alkanes) is 1. The van der Waals surface area contributed by atoms with Crippen LogP contribution in [-0.2, 0) is 9.59 Å². The molecule has 0 aromatic heterocycles. The molecule has 1 atom stereocenters. The van der Waals surface area contributed by atoms with Crippen molar-refractivity contribution in [3.8, 4) is 5.75 Å². The zero-order valence-electron chi connectivity index (χ0n) is 12.3. The highest BCUT2D eigenvalue weighted by molar-refractivity contribution is 8.00. The predicted octanol–water partition coefficient (Wildman–Crippen LogP) is 3.01. The van der Waals surface area contributed by atoms with E-state index in [0.29, 0.717) is 11.4 Å². The van der Waals surface area contributed by atoms with Crippen molar-refractivity contribution >= 4 is 29.3 Å². The third-order valence-corrected chi connectivity index (χ3v) is 3.96. The highest BCUT2D eigenvalue weighted by Gasteiger charge is 2.13. The fourth-order valence-corrected chi connectivity index (χ4v) is 2.52. The minimum atomic E-state index is -1.02. The fourth-order valence-electron chi connectivity index (χ4n) is 1.50. The highest BCUT2D eigenvalue weighted by Crippen LogP contribution is 2.18. The van der Waals surface area contributed by atoms with Crippen molar-refractivity contribution < 1.29 is 19.4 Å². The monoisotopic (exact) mass is 311 g/mol. The van der Waals surface area contributed by atoms with Gasteiger partial charge in [-0.05, 0) is 43.4 Å². The van der Waals surface area contributed by atoms with E-state index < -0.39 is 5.97 Å². The Labute approximate surface area is 129 Å². The summed E-state index contributed by atoms with van der Waals surface area (Å²) in [6.45, 7) is 3.64. The lowest BCUT2D eigenvalue weighted by atomic mass is 10.3. The lowest BCUT2D eigenvalue weighted by molar-refractivity contribution is -0.139. The van der Waals surface area contributed by atoms with Gasteiger partial charge in [-0.2, -0.15) is 0 Å². The molecule has 1 aromatic rings. The molecule has 1 rings (SSSR count). The van der Waals surface area contributed by atoms with Crippen molar-refractivity contribution in [2.75, 3.05) is 17.7 Å². The number of nitrogens with one attached hydrogen (secondary N) is 1. The Morgan fingerprint density at radius 3 is 2.57 bits per heavy atom. The quantitative estimate of drug-likeness (QED) is 0.686. The molecule has 2 N–H and O–H groups in total. The Kier molecular flexibility index (Phi) is 7.68. The fraction of sp³-hybridized carbons (Fsp3) is 0.467. The van der Waals surface area contributed by atoms with Crippen molar-refractivity contribution in [1.82, 2.24) is 0 Å². The summed E-state index contributed by atoms with van der Waals surface area (Å²) in [6, 6.07) is 6.65. The van der Waals surface area contributed by atoms with Gasteiger partial charge in [0.1, 0.15) is 5.75 Å². The molecule has 0 bridgehead atoms. The Morgan fingerprint density at radius 1 is 1.33 bits per heavy atom. The summed E-state index contributed by atoms with van der Waals surface area (Å²) in [5, 5.41) is 11.2. The number of hydrogen-bond donors (Lipinski definition) is 2. The predicted molar refractivity (Wildman–Crippen MR) is 85.0 cm³/mol. The number of aliphatic carboxylic acids is 1. The molecule has 5 nitrogen and oxygen atoms in total. The number of carboxylic acids is 1. The number of benzene rings is 1. The Hall–Kier alpha value is -1.69. The number of carbonyl (C=O) groups excluding carboxylic acids is 1. The molecule has 0 radical (unpaired) electrons. The molecule has 0 spiro atoms. The molecule has 0 saturated carbocycles. The molecule has 0 heterocycles. The van der Waals surface area contributed by atoms with E-state index in [-0.39, 0.29) is 17.8 Å². The number of rotatable bonds is 9. The van der Waals surface area contributed by atoms with Crippen LogP contribution < -0.4 is 10.1 Å². The summed E-state index contributed by atoms with van der Waals surface area (Å²) in [5.41, 5.74) is 0.672. The van der Waals surface area contributed by atoms with E-state index in [4.69, 9.17) is 9.84 Å². The van der Waals surface area contributed by atoms with E-state index in [2.05, 4.69) is 12.2 Å². The first-order valence-corrected chi connectivity index (χ1v) is 7.95. The van der Waals surface area contributed by atoms with Crippen molar-refractivity contribution in [3.05, 3.63) is 24.3 Å². The van der Waals surface area contributed by atoms with Gasteiger partial charge < -0.3 is 15.2 Å². The molecule has 6 heteroatoms. The van der Waals surface area contributed by atoms with Gasteiger partial charge in [-0.15, -0.1) is 11.8 Å². The first-order chi connectivity index (χ1) is 10.0. The van der Waals surface area contributed by atoms with E-state index >= 15 is 0 Å². The molecule has 0 fully saturated rings. The standard InChI is InChI=1S/C15H21NO4S/c1-3-4-9-21-11(2)15(19)16-12-5-7-13(8-6-12)20-10-14(17)18/h5-8,11H,3-4,9-10H2,1-2H3,(H,16,19)(H,17,18). The minimum absolute atomic E-state index is 0.0321. The Bertz CT molecular complexity index is 461. The largest absolute Gasteiger partial charge is 0.482 e. The van der Waals surface area contributed by atoms with Gasteiger partial charge in [0.2, 0.25) is 5.91 Å². The molecular weight excluding hydrogens is 290 g/mol. The third kappa shape index (κ3) is 7.04. The van der Waals surface area contributed by atoms with Gasteiger partial charge >= 0.3 is 5.97 Å². The van der Waals surface area contributed by atoms with Gasteiger partial charge in [-0.3, -0.25) is 4.79 Å². The number of ether oxygens (including phenoxy) is 1. The van der Waals surface area contributed by atoms with Crippen LogP contribution in [0.1, 0.15) is 26.7 Å². The van der Waals surface area contributed by atoms with Crippen LogP contribution in [0.3, 0.4) is 0 Å². The maximum Gasteiger partial charge on any atom is 0.341 e. The van der Waals surface area contributed by atoms with Crippen LogP contribution in [0.15, 0.2) is 24.3 Å². The van der Waals surface area contributed by atoms with Crippen molar-refractivity contribution in [1.29, 1.82) is 0 Å². The molecule has 0 aliphatic heterocycles. The maximum atomic E-state index is 12.0. The van der Waals surface area contributed by atoms with E-state index in [0.717, 1.165) is 18.6 Å².